The van der Waals surface area contributed by atoms with Crippen molar-refractivity contribution in [3.63, 3.8) is 0 Å². The van der Waals surface area contributed by atoms with Crippen molar-refractivity contribution >= 4 is 52.1 Å². The van der Waals surface area contributed by atoms with Crippen molar-refractivity contribution in [2.45, 2.75) is 18.9 Å². The van der Waals surface area contributed by atoms with Crippen molar-refractivity contribution in [1.29, 1.82) is 0 Å². The van der Waals surface area contributed by atoms with Crippen LogP contribution in [0.25, 0.3) is 22.0 Å². The Bertz CT molecular complexity index is 1680. The number of aromatic amines is 1. The van der Waals surface area contributed by atoms with Gasteiger partial charge in [0.25, 0.3) is 5.56 Å². The normalized spacial score (nSPS) is 16.1. The zero-order valence-electron chi connectivity index (χ0n) is 19.2. The number of aromatic carboxylic acids is 1. The average Bonchev–Trinajstić information content (AvgIpc) is 3.63. The standard InChI is InChI=1S/C25H20ClN7O4/c26-15-1-5-21(32-12-27-30-31-32)18(11-15)13-8-17-3-6-22(33(17)23(34)10-13)24(35)28-16-2-4-19-14(7-16)9-20(29-19)25(36)37/h1-2,4-5,7-12,22,29-31H,3,6H2,(H,28,35)(H,36,37)/t22-/m1/s1. The molecule has 1 amide bonds. The number of hydrogen-bond donors (Lipinski definition) is 5. The molecule has 2 aromatic heterocycles. The number of benzene rings is 2. The van der Waals surface area contributed by atoms with Crippen LogP contribution in [0.15, 0.2) is 64.5 Å². The molecular formula is C25H20ClN7O4. The van der Waals surface area contributed by atoms with Crippen LogP contribution in [-0.2, 0) is 11.2 Å². The monoisotopic (exact) mass is 517 g/mol. The lowest BCUT2D eigenvalue weighted by Crippen LogP contribution is -2.37. The number of rotatable bonds is 5. The summed E-state index contributed by atoms with van der Waals surface area (Å²) in [5.74, 6) is -1.37. The highest BCUT2D eigenvalue weighted by Gasteiger charge is 2.30. The Balaban J connectivity index is 1.29. The minimum absolute atomic E-state index is 0.0671. The van der Waals surface area contributed by atoms with Gasteiger partial charge in [-0.1, -0.05) is 11.6 Å². The lowest BCUT2D eigenvalue weighted by molar-refractivity contribution is -0.119. The van der Waals surface area contributed by atoms with Crippen molar-refractivity contribution in [3.05, 3.63) is 81.4 Å². The summed E-state index contributed by atoms with van der Waals surface area (Å²) in [6.07, 6.45) is 2.61. The van der Waals surface area contributed by atoms with Crippen molar-refractivity contribution in [2.75, 3.05) is 10.3 Å². The number of amides is 1. The number of carboxylic acid groups (broad SMARTS) is 1. The molecule has 1 atom stereocenters. The summed E-state index contributed by atoms with van der Waals surface area (Å²) < 4.78 is 1.53. The molecule has 0 fully saturated rings. The number of aryl methyl sites for hydroxylation is 1. The highest BCUT2D eigenvalue weighted by Crippen LogP contribution is 2.35. The summed E-state index contributed by atoms with van der Waals surface area (Å²) in [5.41, 5.74) is 9.40. The number of hydrogen-bond acceptors (Lipinski definition) is 7. The van der Waals surface area contributed by atoms with Crippen LogP contribution in [-0.4, -0.2) is 32.9 Å². The number of carbonyl (C=O) groups excluding carboxylic acids is 1. The van der Waals surface area contributed by atoms with Crippen molar-refractivity contribution in [2.24, 2.45) is 5.10 Å². The maximum absolute atomic E-state index is 13.3. The van der Waals surface area contributed by atoms with Crippen LogP contribution in [0.3, 0.4) is 0 Å². The van der Waals surface area contributed by atoms with E-state index < -0.39 is 12.0 Å². The second kappa shape index (κ2) is 8.80. The number of fused-ring (bicyclic) bond motifs is 2. The quantitative estimate of drug-likeness (QED) is 0.273. The van der Waals surface area contributed by atoms with E-state index in [1.807, 2.05) is 12.1 Å². The third kappa shape index (κ3) is 4.09. The number of carbonyl (C=O) groups is 2. The summed E-state index contributed by atoms with van der Waals surface area (Å²) in [4.78, 5) is 40.5. The van der Waals surface area contributed by atoms with Gasteiger partial charge in [0.2, 0.25) is 5.91 Å². The number of anilines is 2. The summed E-state index contributed by atoms with van der Waals surface area (Å²) in [5, 5.41) is 18.8. The number of carboxylic acids is 1. The van der Waals surface area contributed by atoms with Crippen LogP contribution in [0.5, 0.6) is 0 Å². The Morgan fingerprint density at radius 1 is 1.11 bits per heavy atom. The fraction of sp³-hybridized carbons (Fsp3) is 0.120. The third-order valence-electron chi connectivity index (χ3n) is 6.49. The van der Waals surface area contributed by atoms with E-state index in [1.54, 1.807) is 41.7 Å². The molecule has 0 saturated carbocycles. The van der Waals surface area contributed by atoms with Gasteiger partial charge < -0.3 is 20.0 Å². The van der Waals surface area contributed by atoms with Crippen LogP contribution in [0.2, 0.25) is 5.02 Å². The van der Waals surface area contributed by atoms with E-state index in [4.69, 9.17) is 11.6 Å². The molecule has 0 unspecified atom stereocenters. The fourth-order valence-electron chi connectivity index (χ4n) is 4.82. The van der Waals surface area contributed by atoms with Crippen LogP contribution in [0.4, 0.5) is 11.4 Å². The van der Waals surface area contributed by atoms with Crippen LogP contribution < -0.4 is 27.0 Å². The van der Waals surface area contributed by atoms with Gasteiger partial charge in [0, 0.05) is 38.9 Å². The molecule has 4 heterocycles. The first-order valence-corrected chi connectivity index (χ1v) is 11.8. The van der Waals surface area contributed by atoms with Gasteiger partial charge in [-0.15, -0.1) is 5.53 Å². The SMILES string of the molecule is O=C(O)c1cc2cc(NC(=O)[C@H]3CCc4cc(-c5cc(Cl)ccc5N5C=NNN5)cc(=O)n43)ccc2[nH]1. The second-order valence-electron chi connectivity index (χ2n) is 8.78. The number of hydrazone groups is 1. The Morgan fingerprint density at radius 2 is 1.97 bits per heavy atom. The first-order valence-electron chi connectivity index (χ1n) is 11.4. The maximum Gasteiger partial charge on any atom is 0.352 e. The van der Waals surface area contributed by atoms with Crippen molar-refractivity contribution < 1.29 is 14.7 Å². The molecule has 0 bridgehead atoms. The van der Waals surface area contributed by atoms with E-state index >= 15 is 0 Å². The molecule has 37 heavy (non-hydrogen) atoms. The van der Waals surface area contributed by atoms with Gasteiger partial charge in [-0.05, 0) is 66.9 Å². The maximum atomic E-state index is 13.3. The molecule has 2 aliphatic heterocycles. The fourth-order valence-corrected chi connectivity index (χ4v) is 4.99. The average molecular weight is 518 g/mol. The van der Waals surface area contributed by atoms with E-state index in [-0.39, 0.29) is 17.2 Å². The molecular weight excluding hydrogens is 498 g/mol. The molecule has 0 radical (unpaired) electrons. The minimum atomic E-state index is -1.06. The van der Waals surface area contributed by atoms with Gasteiger partial charge in [-0.25, -0.2) is 15.3 Å². The molecule has 186 valence electrons. The Hall–Kier alpha value is -4.61. The lowest BCUT2D eigenvalue weighted by Gasteiger charge is -2.19. The van der Waals surface area contributed by atoms with Crippen molar-refractivity contribution in [3.8, 4) is 11.1 Å². The number of pyridine rings is 1. The Morgan fingerprint density at radius 3 is 2.76 bits per heavy atom. The zero-order chi connectivity index (χ0) is 25.7. The van der Waals surface area contributed by atoms with Crippen LogP contribution in [0, 0.1) is 0 Å². The van der Waals surface area contributed by atoms with E-state index in [0.29, 0.717) is 40.0 Å². The highest BCUT2D eigenvalue weighted by atomic mass is 35.5. The molecule has 2 aromatic carbocycles. The number of aromatic nitrogens is 2. The van der Waals surface area contributed by atoms with E-state index in [1.165, 1.54) is 16.7 Å². The van der Waals surface area contributed by atoms with Gasteiger partial charge in [-0.2, -0.15) is 5.10 Å². The number of nitrogens with zero attached hydrogens (tertiary/aromatic N) is 3. The molecule has 2 aliphatic rings. The third-order valence-corrected chi connectivity index (χ3v) is 6.73. The zero-order valence-corrected chi connectivity index (χ0v) is 19.9. The van der Waals surface area contributed by atoms with Crippen LogP contribution >= 0.6 is 11.6 Å². The molecule has 5 N–H and O–H groups in total. The molecule has 12 heteroatoms. The molecule has 0 saturated heterocycles. The first kappa shape index (κ1) is 22.8. The molecule has 4 aromatic rings. The summed E-state index contributed by atoms with van der Waals surface area (Å²) in [6.45, 7) is 0. The number of H-pyrrole nitrogens is 1. The van der Waals surface area contributed by atoms with Gasteiger partial charge in [0.1, 0.15) is 18.1 Å². The van der Waals surface area contributed by atoms with Gasteiger partial charge in [-0.3, -0.25) is 9.59 Å². The predicted molar refractivity (Wildman–Crippen MR) is 140 cm³/mol. The van der Waals surface area contributed by atoms with Crippen molar-refractivity contribution in [1.82, 2.24) is 20.6 Å². The molecule has 0 spiro atoms. The number of hydrazine groups is 2. The smallest absolute Gasteiger partial charge is 0.352 e. The van der Waals surface area contributed by atoms with Gasteiger partial charge in [0.15, 0.2) is 0 Å². The van der Waals surface area contributed by atoms with Gasteiger partial charge in [0.05, 0.1) is 5.69 Å². The topological polar surface area (TPSA) is 144 Å². The number of halogens is 1. The largest absolute Gasteiger partial charge is 0.477 e. The Labute approximate surface area is 214 Å². The first-order chi connectivity index (χ1) is 17.9. The molecule has 6 rings (SSSR count). The predicted octanol–water partition coefficient (Wildman–Crippen LogP) is 3.25. The minimum Gasteiger partial charge on any atom is -0.477 e. The summed E-state index contributed by atoms with van der Waals surface area (Å²) in [6, 6.07) is 14.7. The van der Waals surface area contributed by atoms with Crippen LogP contribution in [0.1, 0.15) is 28.6 Å². The van der Waals surface area contributed by atoms with E-state index in [0.717, 1.165) is 16.9 Å². The van der Waals surface area contributed by atoms with E-state index in [2.05, 4.69) is 26.5 Å². The second-order valence-corrected chi connectivity index (χ2v) is 9.21. The summed E-state index contributed by atoms with van der Waals surface area (Å²) in [7, 11) is 0. The Kier molecular flexibility index (Phi) is 5.43. The molecule has 0 aliphatic carbocycles. The highest BCUT2D eigenvalue weighted by molar-refractivity contribution is 6.31. The molecule has 11 nitrogen and oxygen atoms in total. The number of nitrogens with one attached hydrogen (secondary N) is 4. The van der Waals surface area contributed by atoms with E-state index in [9.17, 15) is 19.5 Å². The lowest BCUT2D eigenvalue weighted by atomic mass is 10.0. The van der Waals surface area contributed by atoms with Gasteiger partial charge >= 0.3 is 5.97 Å². The summed E-state index contributed by atoms with van der Waals surface area (Å²) >= 11 is 6.27.